The summed E-state index contributed by atoms with van der Waals surface area (Å²) in [4.78, 5) is 25.0. The molecule has 82 valence electrons. The Bertz CT molecular complexity index is 362. The second-order valence-electron chi connectivity index (χ2n) is 2.39. The van der Waals surface area contributed by atoms with Crippen molar-refractivity contribution in [3.8, 4) is 0 Å². The summed E-state index contributed by atoms with van der Waals surface area (Å²) in [5.74, 6) is -0.610. The maximum atomic E-state index is 11.1. The average Bonchev–Trinajstić information content (AvgIpc) is 2.64. The summed E-state index contributed by atoms with van der Waals surface area (Å²) in [5.41, 5.74) is 0.115. The van der Waals surface area contributed by atoms with Crippen molar-refractivity contribution in [3.63, 3.8) is 0 Å². The number of ether oxygens (including phenoxy) is 1. The minimum Gasteiger partial charge on any atom is -0.464 e. The van der Waals surface area contributed by atoms with Gasteiger partial charge in [-0.25, -0.2) is 9.48 Å². The molecule has 1 rings (SSSR count). The van der Waals surface area contributed by atoms with Crippen LogP contribution in [0.25, 0.3) is 0 Å². The second-order valence-corrected chi connectivity index (χ2v) is 2.39. The highest BCUT2D eigenvalue weighted by atomic mass is 16.9. The van der Waals surface area contributed by atoms with Crippen LogP contribution in [0, 0.1) is 10.1 Å². The van der Waals surface area contributed by atoms with Crippen LogP contribution in [0.15, 0.2) is 6.20 Å². The first kappa shape index (κ1) is 10.9. The molecule has 0 saturated heterocycles. The number of rotatable bonds is 5. The van der Waals surface area contributed by atoms with Crippen LogP contribution in [0.3, 0.4) is 0 Å². The van der Waals surface area contributed by atoms with Crippen molar-refractivity contribution < 1.29 is 19.5 Å². The Hall–Kier alpha value is -2.19. The Morgan fingerprint density at radius 1 is 1.73 bits per heavy atom. The molecule has 0 atom stereocenters. The Balaban J connectivity index is 2.57. The van der Waals surface area contributed by atoms with Crippen LogP contribution in [0.4, 0.5) is 0 Å². The lowest BCUT2D eigenvalue weighted by molar-refractivity contribution is -0.758. The van der Waals surface area contributed by atoms with E-state index in [1.807, 2.05) is 0 Å². The van der Waals surface area contributed by atoms with Gasteiger partial charge in [-0.2, -0.15) is 0 Å². The molecule has 0 aromatic carbocycles. The zero-order chi connectivity index (χ0) is 11.3. The molecule has 0 aliphatic heterocycles. The number of aromatic nitrogens is 3. The Labute approximate surface area is 83.7 Å². The molecule has 1 heterocycles. The number of hydrogen-bond donors (Lipinski definition) is 0. The normalized spacial score (nSPS) is 9.67. The zero-order valence-corrected chi connectivity index (χ0v) is 7.82. The van der Waals surface area contributed by atoms with Crippen LogP contribution in [-0.2, 0) is 16.1 Å². The molecule has 1 aromatic heterocycles. The highest BCUT2D eigenvalue weighted by Crippen LogP contribution is 1.98. The van der Waals surface area contributed by atoms with Crippen LogP contribution in [0.1, 0.15) is 10.5 Å². The van der Waals surface area contributed by atoms with Gasteiger partial charge in [0.05, 0.1) is 19.9 Å². The molecule has 0 spiro atoms. The summed E-state index contributed by atoms with van der Waals surface area (Å²) in [5, 5.41) is 15.9. The third-order valence-electron chi connectivity index (χ3n) is 1.51. The zero-order valence-electron chi connectivity index (χ0n) is 7.82. The van der Waals surface area contributed by atoms with Crippen molar-refractivity contribution in [2.75, 3.05) is 13.7 Å². The number of nitrogens with zero attached hydrogens (tertiary/aromatic N) is 4. The van der Waals surface area contributed by atoms with Gasteiger partial charge in [0.2, 0.25) is 0 Å². The van der Waals surface area contributed by atoms with E-state index in [1.165, 1.54) is 13.3 Å². The predicted octanol–water partition coefficient (Wildman–Crippen LogP) is -0.727. The van der Waals surface area contributed by atoms with E-state index >= 15 is 0 Å². The van der Waals surface area contributed by atoms with Crippen molar-refractivity contribution in [1.29, 1.82) is 0 Å². The fourth-order valence-electron chi connectivity index (χ4n) is 0.887. The molecule has 1 aromatic rings. The van der Waals surface area contributed by atoms with Crippen LogP contribution < -0.4 is 0 Å². The maximum Gasteiger partial charge on any atom is 0.358 e. The lowest BCUT2D eigenvalue weighted by atomic mass is 10.4. The third kappa shape index (κ3) is 2.90. The topological polar surface area (TPSA) is 109 Å². The Morgan fingerprint density at radius 2 is 2.47 bits per heavy atom. The summed E-state index contributed by atoms with van der Waals surface area (Å²) in [6.07, 6.45) is 1.21. The number of hydrogen-bond acceptors (Lipinski definition) is 7. The molecular weight excluding hydrogens is 208 g/mol. The van der Waals surface area contributed by atoms with Gasteiger partial charge >= 0.3 is 5.97 Å². The van der Waals surface area contributed by atoms with Crippen molar-refractivity contribution >= 4 is 5.97 Å². The Kier molecular flexibility index (Phi) is 3.55. The molecule has 15 heavy (non-hydrogen) atoms. The lowest BCUT2D eigenvalue weighted by Crippen LogP contribution is -2.16. The first-order valence-corrected chi connectivity index (χ1v) is 3.89. The number of carbonyl (C=O) groups excluding carboxylic acids is 1. The van der Waals surface area contributed by atoms with Gasteiger partial charge in [0.15, 0.2) is 5.69 Å². The predicted molar refractivity (Wildman–Crippen MR) is 44.3 cm³/mol. The lowest BCUT2D eigenvalue weighted by Gasteiger charge is -2.02. The first-order valence-electron chi connectivity index (χ1n) is 3.89. The summed E-state index contributed by atoms with van der Waals surface area (Å²) in [6, 6.07) is 0. The summed E-state index contributed by atoms with van der Waals surface area (Å²) in [7, 11) is 1.22. The highest BCUT2D eigenvalue weighted by Gasteiger charge is 2.13. The van der Waals surface area contributed by atoms with E-state index in [2.05, 4.69) is 19.9 Å². The molecule has 0 fully saturated rings. The molecule has 0 unspecified atom stereocenters. The molecule has 0 bridgehead atoms. The monoisotopic (exact) mass is 216 g/mol. The summed E-state index contributed by atoms with van der Waals surface area (Å²) < 4.78 is 5.61. The minimum absolute atomic E-state index is 0.0470. The largest absolute Gasteiger partial charge is 0.464 e. The van der Waals surface area contributed by atoms with Gasteiger partial charge in [-0.3, -0.25) is 0 Å². The highest BCUT2D eigenvalue weighted by molar-refractivity contribution is 5.86. The molecule has 0 radical (unpaired) electrons. The standard InChI is InChI=1S/C6H8N4O5/c1-14-6(11)5-4-7-8-9(5)2-3-15-10(12)13/h4H,2-3H2,1H3. The molecular formula is C6H8N4O5. The number of methoxy groups -OCH3 is 1. The molecule has 9 nitrogen and oxygen atoms in total. The molecule has 0 aliphatic carbocycles. The van der Waals surface area contributed by atoms with E-state index in [0.29, 0.717) is 0 Å². The van der Waals surface area contributed by atoms with Crippen molar-refractivity contribution in [1.82, 2.24) is 15.0 Å². The van der Waals surface area contributed by atoms with Crippen molar-refractivity contribution in [2.45, 2.75) is 6.54 Å². The maximum absolute atomic E-state index is 11.1. The number of carbonyl (C=O) groups is 1. The fourth-order valence-corrected chi connectivity index (χ4v) is 0.887. The van der Waals surface area contributed by atoms with Crippen LogP contribution in [-0.4, -0.2) is 39.8 Å². The second kappa shape index (κ2) is 4.88. The van der Waals surface area contributed by atoms with E-state index in [0.717, 1.165) is 4.68 Å². The molecule has 0 amide bonds. The van der Waals surface area contributed by atoms with Crippen molar-refractivity contribution in [3.05, 3.63) is 22.0 Å². The molecule has 9 heteroatoms. The van der Waals surface area contributed by atoms with E-state index in [4.69, 9.17) is 0 Å². The van der Waals surface area contributed by atoms with Crippen molar-refractivity contribution in [2.24, 2.45) is 0 Å². The van der Waals surface area contributed by atoms with Crippen LogP contribution in [0.5, 0.6) is 0 Å². The van der Waals surface area contributed by atoms with Crippen LogP contribution in [0.2, 0.25) is 0 Å². The Morgan fingerprint density at radius 3 is 3.07 bits per heavy atom. The third-order valence-corrected chi connectivity index (χ3v) is 1.51. The van der Waals surface area contributed by atoms with E-state index < -0.39 is 11.1 Å². The van der Waals surface area contributed by atoms with Gasteiger partial charge < -0.3 is 9.57 Å². The SMILES string of the molecule is COC(=O)c1cnnn1CCO[N+](=O)[O-]. The van der Waals surface area contributed by atoms with Gasteiger partial charge in [0, 0.05) is 0 Å². The molecule has 0 aliphatic rings. The fraction of sp³-hybridized carbons (Fsp3) is 0.500. The summed E-state index contributed by atoms with van der Waals surface area (Å²) >= 11 is 0. The van der Waals surface area contributed by atoms with Gasteiger partial charge in [-0.05, 0) is 0 Å². The van der Waals surface area contributed by atoms with Gasteiger partial charge in [-0.15, -0.1) is 15.2 Å². The van der Waals surface area contributed by atoms with Gasteiger partial charge in [-0.1, -0.05) is 5.21 Å². The number of esters is 1. The van der Waals surface area contributed by atoms with E-state index in [1.54, 1.807) is 0 Å². The van der Waals surface area contributed by atoms with Crippen LogP contribution >= 0.6 is 0 Å². The molecule has 0 N–H and O–H groups in total. The van der Waals surface area contributed by atoms with E-state index in [-0.39, 0.29) is 18.8 Å². The van der Waals surface area contributed by atoms with Gasteiger partial charge in [0.1, 0.15) is 6.61 Å². The minimum atomic E-state index is -0.922. The molecule has 0 saturated carbocycles. The summed E-state index contributed by atoms with van der Waals surface area (Å²) in [6.45, 7) is -0.161. The van der Waals surface area contributed by atoms with E-state index in [9.17, 15) is 14.9 Å². The smallest absolute Gasteiger partial charge is 0.358 e. The van der Waals surface area contributed by atoms with Gasteiger partial charge in [0.25, 0.3) is 5.09 Å². The quantitative estimate of drug-likeness (QED) is 0.362. The first-order chi connectivity index (χ1) is 7.15. The average molecular weight is 216 g/mol.